The Morgan fingerprint density at radius 3 is 2.80 bits per heavy atom. The van der Waals surface area contributed by atoms with Gasteiger partial charge in [-0.2, -0.15) is 5.10 Å². The van der Waals surface area contributed by atoms with Crippen LogP contribution in [-0.4, -0.2) is 28.0 Å². The van der Waals surface area contributed by atoms with Gasteiger partial charge < -0.3 is 9.84 Å². The molecule has 0 radical (unpaired) electrons. The van der Waals surface area contributed by atoms with E-state index < -0.39 is 5.97 Å². The van der Waals surface area contributed by atoms with E-state index in [0.29, 0.717) is 6.54 Å². The van der Waals surface area contributed by atoms with Crippen LogP contribution in [0.15, 0.2) is 24.3 Å². The van der Waals surface area contributed by atoms with Crippen LogP contribution >= 0.6 is 0 Å². The van der Waals surface area contributed by atoms with Crippen LogP contribution in [0.4, 0.5) is 0 Å². The minimum Gasteiger partial charge on any atom is -0.497 e. The summed E-state index contributed by atoms with van der Waals surface area (Å²) in [6, 6.07) is 7.78. The fourth-order valence-electron chi connectivity index (χ4n) is 2.31. The zero-order valence-corrected chi connectivity index (χ0v) is 11.9. The predicted octanol–water partition coefficient (Wildman–Crippen LogP) is 2.65. The molecule has 0 amide bonds. The summed E-state index contributed by atoms with van der Waals surface area (Å²) in [5.74, 6) is -0.0277. The summed E-state index contributed by atoms with van der Waals surface area (Å²) in [5.41, 5.74) is 3.92. The Labute approximate surface area is 117 Å². The van der Waals surface area contributed by atoms with Crippen molar-refractivity contribution in [2.75, 3.05) is 7.11 Å². The van der Waals surface area contributed by atoms with E-state index in [0.717, 1.165) is 28.3 Å². The van der Waals surface area contributed by atoms with Gasteiger partial charge in [0, 0.05) is 11.3 Å². The molecule has 5 nitrogen and oxygen atoms in total. The summed E-state index contributed by atoms with van der Waals surface area (Å²) in [6.45, 7) is 4.27. The number of methoxy groups -OCH3 is 1. The van der Waals surface area contributed by atoms with Gasteiger partial charge in [0.15, 0.2) is 0 Å². The SMILES string of the molecule is COc1cccc(-c2c(C)nn(CCC(=O)O)c2C)c1. The molecule has 1 N–H and O–H groups in total. The van der Waals surface area contributed by atoms with E-state index in [1.54, 1.807) is 11.8 Å². The Kier molecular flexibility index (Phi) is 4.08. The molecule has 0 saturated heterocycles. The normalized spacial score (nSPS) is 10.6. The van der Waals surface area contributed by atoms with Crippen molar-refractivity contribution in [2.24, 2.45) is 0 Å². The van der Waals surface area contributed by atoms with Gasteiger partial charge >= 0.3 is 5.97 Å². The number of ether oxygens (including phenoxy) is 1. The van der Waals surface area contributed by atoms with Crippen molar-refractivity contribution in [3.05, 3.63) is 35.7 Å². The van der Waals surface area contributed by atoms with Gasteiger partial charge in [-0.1, -0.05) is 12.1 Å². The van der Waals surface area contributed by atoms with Crippen LogP contribution < -0.4 is 4.74 Å². The number of carbonyl (C=O) groups is 1. The van der Waals surface area contributed by atoms with Crippen molar-refractivity contribution in [3.8, 4) is 16.9 Å². The van der Waals surface area contributed by atoms with Crippen molar-refractivity contribution >= 4 is 5.97 Å². The second kappa shape index (κ2) is 5.77. The summed E-state index contributed by atoms with van der Waals surface area (Å²) < 4.78 is 6.99. The summed E-state index contributed by atoms with van der Waals surface area (Å²) in [4.78, 5) is 10.7. The molecule has 0 saturated carbocycles. The second-order valence-corrected chi connectivity index (χ2v) is 4.64. The lowest BCUT2D eigenvalue weighted by Crippen LogP contribution is -2.07. The van der Waals surface area contributed by atoms with Gasteiger partial charge in [-0.3, -0.25) is 9.48 Å². The molecule has 0 atom stereocenters. The molecule has 20 heavy (non-hydrogen) atoms. The lowest BCUT2D eigenvalue weighted by atomic mass is 10.0. The van der Waals surface area contributed by atoms with Crippen LogP contribution in [0.25, 0.3) is 11.1 Å². The highest BCUT2D eigenvalue weighted by molar-refractivity contribution is 5.70. The first-order valence-electron chi connectivity index (χ1n) is 6.43. The fraction of sp³-hybridized carbons (Fsp3) is 0.333. The maximum absolute atomic E-state index is 10.7. The number of aromatic nitrogens is 2. The van der Waals surface area contributed by atoms with Gasteiger partial charge in [-0.25, -0.2) is 0 Å². The molecule has 0 aliphatic carbocycles. The molecule has 0 unspecified atom stereocenters. The molecule has 2 rings (SSSR count). The molecular formula is C15H18N2O3. The summed E-state index contributed by atoms with van der Waals surface area (Å²) in [6.07, 6.45) is 0.0690. The number of aryl methyl sites for hydroxylation is 2. The summed E-state index contributed by atoms with van der Waals surface area (Å²) in [7, 11) is 1.63. The average molecular weight is 274 g/mol. The highest BCUT2D eigenvalue weighted by Gasteiger charge is 2.14. The fourth-order valence-corrected chi connectivity index (χ4v) is 2.31. The highest BCUT2D eigenvalue weighted by atomic mass is 16.5. The first-order valence-corrected chi connectivity index (χ1v) is 6.43. The molecule has 0 aliphatic rings. The third kappa shape index (κ3) is 2.82. The van der Waals surface area contributed by atoms with E-state index >= 15 is 0 Å². The molecule has 0 aliphatic heterocycles. The van der Waals surface area contributed by atoms with Crippen molar-refractivity contribution in [3.63, 3.8) is 0 Å². The van der Waals surface area contributed by atoms with Gasteiger partial charge in [-0.05, 0) is 31.5 Å². The maximum atomic E-state index is 10.7. The Morgan fingerprint density at radius 2 is 2.15 bits per heavy atom. The smallest absolute Gasteiger partial charge is 0.305 e. The monoisotopic (exact) mass is 274 g/mol. The average Bonchev–Trinajstić information content (AvgIpc) is 2.71. The summed E-state index contributed by atoms with van der Waals surface area (Å²) in [5, 5.41) is 13.2. The Hall–Kier alpha value is -2.30. The standard InChI is InChI=1S/C15H18N2O3/c1-10-15(12-5-4-6-13(9-12)20-3)11(2)17(16-10)8-7-14(18)19/h4-6,9H,7-8H2,1-3H3,(H,18,19). The first-order chi connectivity index (χ1) is 9.52. The van der Waals surface area contributed by atoms with Crippen LogP contribution in [0, 0.1) is 13.8 Å². The second-order valence-electron chi connectivity index (χ2n) is 4.64. The number of benzene rings is 1. The molecular weight excluding hydrogens is 256 g/mol. The lowest BCUT2D eigenvalue weighted by Gasteiger charge is -2.06. The minimum atomic E-state index is -0.819. The van der Waals surface area contributed by atoms with Gasteiger partial charge in [0.05, 0.1) is 25.8 Å². The Morgan fingerprint density at radius 1 is 1.40 bits per heavy atom. The van der Waals surface area contributed by atoms with Crippen LogP contribution in [0.1, 0.15) is 17.8 Å². The van der Waals surface area contributed by atoms with E-state index in [1.807, 2.05) is 38.1 Å². The highest BCUT2D eigenvalue weighted by Crippen LogP contribution is 2.29. The molecule has 0 bridgehead atoms. The molecule has 1 heterocycles. The number of aliphatic carboxylic acids is 1. The van der Waals surface area contributed by atoms with Crippen molar-refractivity contribution in [1.82, 2.24) is 9.78 Å². The van der Waals surface area contributed by atoms with Crippen LogP contribution in [0.3, 0.4) is 0 Å². The first kappa shape index (κ1) is 14.1. The number of hydrogen-bond acceptors (Lipinski definition) is 3. The van der Waals surface area contributed by atoms with E-state index in [-0.39, 0.29) is 6.42 Å². The van der Waals surface area contributed by atoms with Gasteiger partial charge in [0.25, 0.3) is 0 Å². The van der Waals surface area contributed by atoms with Crippen molar-refractivity contribution in [1.29, 1.82) is 0 Å². The van der Waals surface area contributed by atoms with Gasteiger partial charge in [-0.15, -0.1) is 0 Å². The van der Waals surface area contributed by atoms with Crippen molar-refractivity contribution in [2.45, 2.75) is 26.8 Å². The van der Waals surface area contributed by atoms with Crippen LogP contribution in [0.5, 0.6) is 5.75 Å². The quantitative estimate of drug-likeness (QED) is 0.910. The molecule has 0 fully saturated rings. The van der Waals surface area contributed by atoms with E-state index in [9.17, 15) is 4.79 Å². The van der Waals surface area contributed by atoms with Crippen LogP contribution in [0.2, 0.25) is 0 Å². The number of nitrogens with zero attached hydrogens (tertiary/aromatic N) is 2. The molecule has 1 aromatic heterocycles. The number of hydrogen-bond donors (Lipinski definition) is 1. The minimum absolute atomic E-state index is 0.0690. The molecule has 1 aromatic carbocycles. The molecule has 2 aromatic rings. The Balaban J connectivity index is 2.38. The van der Waals surface area contributed by atoms with E-state index in [4.69, 9.17) is 9.84 Å². The van der Waals surface area contributed by atoms with E-state index in [2.05, 4.69) is 5.10 Å². The molecule has 0 spiro atoms. The number of carboxylic acids is 1. The van der Waals surface area contributed by atoms with Gasteiger partial charge in [0.1, 0.15) is 5.75 Å². The zero-order chi connectivity index (χ0) is 14.7. The Bertz CT molecular complexity index is 632. The topological polar surface area (TPSA) is 64.4 Å². The zero-order valence-electron chi connectivity index (χ0n) is 11.9. The maximum Gasteiger partial charge on any atom is 0.305 e. The molecule has 106 valence electrons. The van der Waals surface area contributed by atoms with Gasteiger partial charge in [0.2, 0.25) is 0 Å². The largest absolute Gasteiger partial charge is 0.497 e. The predicted molar refractivity (Wildman–Crippen MR) is 75.9 cm³/mol. The van der Waals surface area contributed by atoms with Crippen molar-refractivity contribution < 1.29 is 14.6 Å². The van der Waals surface area contributed by atoms with Crippen LogP contribution in [-0.2, 0) is 11.3 Å². The van der Waals surface area contributed by atoms with E-state index in [1.165, 1.54) is 0 Å². The molecule has 5 heteroatoms. The third-order valence-electron chi connectivity index (χ3n) is 3.28. The number of rotatable bonds is 5. The lowest BCUT2D eigenvalue weighted by molar-refractivity contribution is -0.137. The number of carboxylic acid groups (broad SMARTS) is 1. The third-order valence-corrected chi connectivity index (χ3v) is 3.28. The summed E-state index contributed by atoms with van der Waals surface area (Å²) >= 11 is 0.